The van der Waals surface area contributed by atoms with Crippen molar-refractivity contribution in [2.75, 3.05) is 13.1 Å². The molecule has 0 fully saturated rings. The summed E-state index contributed by atoms with van der Waals surface area (Å²) in [6.45, 7) is 9.87. The summed E-state index contributed by atoms with van der Waals surface area (Å²) in [5, 5.41) is 3.37. The predicted molar refractivity (Wildman–Crippen MR) is 69.4 cm³/mol. The van der Waals surface area contributed by atoms with Gasteiger partial charge in [0.05, 0.1) is 6.04 Å². The van der Waals surface area contributed by atoms with Gasteiger partial charge in [0, 0.05) is 5.92 Å². The Balaban J connectivity index is 4.10. The van der Waals surface area contributed by atoms with E-state index < -0.39 is 0 Å². The zero-order valence-corrected chi connectivity index (χ0v) is 11.3. The van der Waals surface area contributed by atoms with E-state index in [9.17, 15) is 4.79 Å². The lowest BCUT2D eigenvalue weighted by Gasteiger charge is -2.20. The number of ketones is 1. The topological polar surface area (TPSA) is 55.1 Å². The molecule has 3 heteroatoms. The van der Waals surface area contributed by atoms with Gasteiger partial charge in [0.1, 0.15) is 0 Å². The molecule has 96 valence electrons. The Morgan fingerprint density at radius 3 is 2.25 bits per heavy atom. The molecule has 0 aromatic carbocycles. The number of Topliss-reactive ketones (excluding diaryl/α,β-unsaturated/α-hetero) is 1. The average Bonchev–Trinajstić information content (AvgIpc) is 2.21. The Kier molecular flexibility index (Phi) is 8.49. The van der Waals surface area contributed by atoms with Crippen molar-refractivity contribution in [2.24, 2.45) is 17.6 Å². The number of rotatable bonds is 9. The van der Waals surface area contributed by atoms with E-state index in [0.717, 1.165) is 25.8 Å². The summed E-state index contributed by atoms with van der Waals surface area (Å²) >= 11 is 0. The van der Waals surface area contributed by atoms with Crippen molar-refractivity contribution in [3.8, 4) is 0 Å². The number of hydrogen-bond donors (Lipinski definition) is 2. The average molecular weight is 228 g/mol. The van der Waals surface area contributed by atoms with Crippen molar-refractivity contribution < 1.29 is 4.79 Å². The van der Waals surface area contributed by atoms with E-state index in [1.807, 2.05) is 13.8 Å². The van der Waals surface area contributed by atoms with Crippen molar-refractivity contribution in [3.05, 3.63) is 0 Å². The molecule has 0 rings (SSSR count). The Hall–Kier alpha value is -0.410. The summed E-state index contributed by atoms with van der Waals surface area (Å²) in [6.07, 6.45) is 2.96. The van der Waals surface area contributed by atoms with E-state index in [1.165, 1.54) is 0 Å². The highest BCUT2D eigenvalue weighted by molar-refractivity contribution is 5.85. The molecule has 1 atom stereocenters. The van der Waals surface area contributed by atoms with Crippen LogP contribution in [0.3, 0.4) is 0 Å². The van der Waals surface area contributed by atoms with Gasteiger partial charge in [-0.2, -0.15) is 0 Å². The van der Waals surface area contributed by atoms with Crippen LogP contribution in [0.2, 0.25) is 0 Å². The minimum Gasteiger partial charge on any atom is -0.330 e. The second kappa shape index (κ2) is 8.71. The Bertz CT molecular complexity index is 190. The van der Waals surface area contributed by atoms with Crippen molar-refractivity contribution in [1.82, 2.24) is 5.32 Å². The molecular formula is C13H28N2O. The van der Waals surface area contributed by atoms with E-state index in [-0.39, 0.29) is 12.0 Å². The highest BCUT2D eigenvalue weighted by Gasteiger charge is 2.20. The molecule has 0 saturated heterocycles. The van der Waals surface area contributed by atoms with Gasteiger partial charge in [-0.1, -0.05) is 34.1 Å². The first-order valence-corrected chi connectivity index (χ1v) is 6.46. The van der Waals surface area contributed by atoms with Crippen LogP contribution in [-0.2, 0) is 4.79 Å². The maximum absolute atomic E-state index is 12.0. The van der Waals surface area contributed by atoms with Crippen molar-refractivity contribution >= 4 is 5.78 Å². The Morgan fingerprint density at radius 1 is 1.19 bits per heavy atom. The van der Waals surface area contributed by atoms with Crippen LogP contribution >= 0.6 is 0 Å². The molecule has 0 bridgehead atoms. The van der Waals surface area contributed by atoms with E-state index in [4.69, 9.17) is 5.73 Å². The fourth-order valence-corrected chi connectivity index (χ4v) is 1.62. The maximum atomic E-state index is 12.0. The molecule has 0 aliphatic rings. The quantitative estimate of drug-likeness (QED) is 0.593. The summed E-state index contributed by atoms with van der Waals surface area (Å²) in [6, 6.07) is 0.0222. The molecule has 1 unspecified atom stereocenters. The lowest BCUT2D eigenvalue weighted by molar-refractivity contribution is -0.124. The van der Waals surface area contributed by atoms with Crippen LogP contribution in [0.4, 0.5) is 0 Å². The summed E-state index contributed by atoms with van der Waals surface area (Å²) in [7, 11) is 0. The highest BCUT2D eigenvalue weighted by Crippen LogP contribution is 2.08. The zero-order chi connectivity index (χ0) is 12.6. The summed E-state index contributed by atoms with van der Waals surface area (Å²) in [4.78, 5) is 12.0. The van der Waals surface area contributed by atoms with E-state index in [1.54, 1.807) is 0 Å². The van der Waals surface area contributed by atoms with Crippen LogP contribution in [0.5, 0.6) is 0 Å². The van der Waals surface area contributed by atoms with Gasteiger partial charge in [0.25, 0.3) is 0 Å². The molecule has 0 heterocycles. The third kappa shape index (κ3) is 6.96. The van der Waals surface area contributed by atoms with Gasteiger partial charge in [-0.05, 0) is 31.8 Å². The number of nitrogens with one attached hydrogen (secondary N) is 1. The zero-order valence-electron chi connectivity index (χ0n) is 11.3. The highest BCUT2D eigenvalue weighted by atomic mass is 16.1. The molecule has 16 heavy (non-hydrogen) atoms. The number of carbonyl (C=O) groups excluding carboxylic acids is 1. The number of hydrogen-bond acceptors (Lipinski definition) is 3. The summed E-state index contributed by atoms with van der Waals surface area (Å²) < 4.78 is 0. The number of unbranched alkanes of at least 4 members (excludes halogenated alkanes) is 1. The van der Waals surface area contributed by atoms with Crippen molar-refractivity contribution in [3.63, 3.8) is 0 Å². The standard InChI is InChI=1S/C13H28N2O/c1-10(2)9-15-12(7-5-6-8-14)13(16)11(3)4/h10-12,15H,5-9,14H2,1-4H3. The van der Waals surface area contributed by atoms with Crippen LogP contribution in [0.25, 0.3) is 0 Å². The molecule has 0 aliphatic carbocycles. The molecule has 3 N–H and O–H groups in total. The molecular weight excluding hydrogens is 200 g/mol. The van der Waals surface area contributed by atoms with Gasteiger partial charge in [0.2, 0.25) is 0 Å². The van der Waals surface area contributed by atoms with Gasteiger partial charge >= 0.3 is 0 Å². The van der Waals surface area contributed by atoms with Crippen molar-refractivity contribution in [1.29, 1.82) is 0 Å². The molecule has 0 spiro atoms. The minimum atomic E-state index is 0.0222. The molecule has 0 aromatic heterocycles. The SMILES string of the molecule is CC(C)CNC(CCCCN)C(=O)C(C)C. The molecule has 0 aliphatic heterocycles. The summed E-state index contributed by atoms with van der Waals surface area (Å²) in [5.74, 6) is 1.03. The van der Waals surface area contributed by atoms with Crippen LogP contribution in [0.15, 0.2) is 0 Å². The smallest absolute Gasteiger partial charge is 0.152 e. The number of nitrogens with two attached hydrogens (primary N) is 1. The lowest BCUT2D eigenvalue weighted by Crippen LogP contribution is -2.40. The third-order valence-corrected chi connectivity index (χ3v) is 2.63. The molecule has 3 nitrogen and oxygen atoms in total. The molecule has 0 saturated carbocycles. The van der Waals surface area contributed by atoms with Crippen LogP contribution in [0, 0.1) is 11.8 Å². The van der Waals surface area contributed by atoms with Crippen LogP contribution in [0.1, 0.15) is 47.0 Å². The normalized spacial score (nSPS) is 13.4. The first-order valence-electron chi connectivity index (χ1n) is 6.46. The van der Waals surface area contributed by atoms with Crippen molar-refractivity contribution in [2.45, 2.75) is 53.0 Å². The van der Waals surface area contributed by atoms with Gasteiger partial charge in [-0.15, -0.1) is 0 Å². The predicted octanol–water partition coefficient (Wildman–Crippen LogP) is 1.95. The second-order valence-corrected chi connectivity index (χ2v) is 5.20. The largest absolute Gasteiger partial charge is 0.330 e. The van der Waals surface area contributed by atoms with Crippen LogP contribution < -0.4 is 11.1 Å². The molecule has 0 aromatic rings. The first-order chi connectivity index (χ1) is 7.49. The van der Waals surface area contributed by atoms with E-state index >= 15 is 0 Å². The number of carbonyl (C=O) groups is 1. The fourth-order valence-electron chi connectivity index (χ4n) is 1.62. The minimum absolute atomic E-state index is 0.0222. The van der Waals surface area contributed by atoms with E-state index in [2.05, 4.69) is 19.2 Å². The second-order valence-electron chi connectivity index (χ2n) is 5.20. The third-order valence-electron chi connectivity index (χ3n) is 2.63. The van der Waals surface area contributed by atoms with Crippen LogP contribution in [-0.4, -0.2) is 24.9 Å². The summed E-state index contributed by atoms with van der Waals surface area (Å²) in [5.41, 5.74) is 5.47. The fraction of sp³-hybridized carbons (Fsp3) is 0.923. The Morgan fingerprint density at radius 2 is 1.81 bits per heavy atom. The molecule has 0 radical (unpaired) electrons. The Labute approximate surface area is 100 Å². The van der Waals surface area contributed by atoms with Gasteiger partial charge in [-0.3, -0.25) is 4.79 Å². The maximum Gasteiger partial charge on any atom is 0.152 e. The van der Waals surface area contributed by atoms with Gasteiger partial charge in [0.15, 0.2) is 5.78 Å². The lowest BCUT2D eigenvalue weighted by atomic mass is 9.97. The van der Waals surface area contributed by atoms with Gasteiger partial charge < -0.3 is 11.1 Å². The monoisotopic (exact) mass is 228 g/mol. The van der Waals surface area contributed by atoms with Gasteiger partial charge in [-0.25, -0.2) is 0 Å². The first kappa shape index (κ1) is 15.6. The molecule has 0 amide bonds. The van der Waals surface area contributed by atoms with E-state index in [0.29, 0.717) is 18.2 Å².